The number of amides is 2. The summed E-state index contributed by atoms with van der Waals surface area (Å²) in [7, 11) is 3.29. The number of methoxy groups -OCH3 is 2. The number of nitrogens with one attached hydrogen (secondary N) is 2. The molecular formula is C28H38N2O4. The van der Waals surface area contributed by atoms with Gasteiger partial charge in [0, 0.05) is 23.2 Å². The molecule has 2 amide bonds. The van der Waals surface area contributed by atoms with Crippen molar-refractivity contribution in [1.29, 1.82) is 0 Å². The van der Waals surface area contributed by atoms with E-state index in [1.54, 1.807) is 14.2 Å². The molecule has 34 heavy (non-hydrogen) atoms. The minimum absolute atomic E-state index is 0.155. The number of carbonyl (C=O) groups is 2. The molecule has 1 aliphatic rings. The molecule has 2 N–H and O–H groups in total. The zero-order chi connectivity index (χ0) is 25.3. The molecule has 2 aromatic carbocycles. The van der Waals surface area contributed by atoms with Gasteiger partial charge in [0.2, 0.25) is 5.91 Å². The van der Waals surface area contributed by atoms with Crippen LogP contribution in [0.1, 0.15) is 81.4 Å². The Balaban J connectivity index is 1.80. The Kier molecular flexibility index (Phi) is 7.02. The topological polar surface area (TPSA) is 76.7 Å². The normalized spacial score (nSPS) is 14.8. The van der Waals surface area contributed by atoms with Crippen LogP contribution in [0.15, 0.2) is 36.4 Å². The summed E-state index contributed by atoms with van der Waals surface area (Å²) in [5.41, 5.74) is 2.18. The summed E-state index contributed by atoms with van der Waals surface area (Å²) in [6, 6.07) is 11.3. The highest BCUT2D eigenvalue weighted by molar-refractivity contribution is 6.01. The average molecular weight is 467 g/mol. The minimum atomic E-state index is -0.854. The van der Waals surface area contributed by atoms with Gasteiger partial charge in [-0.1, -0.05) is 53.7 Å². The van der Waals surface area contributed by atoms with E-state index in [0.29, 0.717) is 24.9 Å². The molecule has 0 spiro atoms. The predicted octanol–water partition coefficient (Wildman–Crippen LogP) is 4.88. The Labute approximate surface area is 203 Å². The van der Waals surface area contributed by atoms with Crippen LogP contribution in [0.4, 0.5) is 0 Å². The molecule has 0 bridgehead atoms. The highest BCUT2D eigenvalue weighted by Crippen LogP contribution is 2.41. The molecule has 0 radical (unpaired) electrons. The van der Waals surface area contributed by atoms with Gasteiger partial charge in [0.05, 0.1) is 14.2 Å². The van der Waals surface area contributed by atoms with Gasteiger partial charge in [-0.2, -0.15) is 0 Å². The minimum Gasteiger partial charge on any atom is -0.497 e. The lowest BCUT2D eigenvalue weighted by atomic mass is 9.78. The number of carbonyl (C=O) groups excluding carboxylic acids is 2. The van der Waals surface area contributed by atoms with E-state index in [2.05, 4.69) is 52.2 Å². The Bertz CT molecular complexity index is 1020. The fourth-order valence-electron chi connectivity index (χ4n) is 4.01. The molecule has 6 nitrogen and oxygen atoms in total. The zero-order valence-corrected chi connectivity index (χ0v) is 21.7. The summed E-state index contributed by atoms with van der Waals surface area (Å²) in [5, 5.41) is 5.99. The fraction of sp³-hybridized carbons (Fsp3) is 0.500. The van der Waals surface area contributed by atoms with Gasteiger partial charge in [0.15, 0.2) is 0 Å². The van der Waals surface area contributed by atoms with E-state index in [1.165, 1.54) is 0 Å². The molecule has 184 valence electrons. The Morgan fingerprint density at radius 3 is 1.82 bits per heavy atom. The maximum absolute atomic E-state index is 13.4. The molecule has 0 saturated heterocycles. The molecule has 1 fully saturated rings. The number of hydrogen-bond acceptors (Lipinski definition) is 4. The van der Waals surface area contributed by atoms with Crippen LogP contribution in [-0.4, -0.2) is 31.6 Å². The maximum Gasteiger partial charge on any atom is 0.252 e. The lowest BCUT2D eigenvalue weighted by Gasteiger charge is -2.30. The quantitative estimate of drug-likeness (QED) is 0.610. The largest absolute Gasteiger partial charge is 0.497 e. The average Bonchev–Trinajstić information content (AvgIpc) is 3.56. The summed E-state index contributed by atoms with van der Waals surface area (Å²) >= 11 is 0. The van der Waals surface area contributed by atoms with Gasteiger partial charge >= 0.3 is 0 Å². The van der Waals surface area contributed by atoms with Crippen LogP contribution in [-0.2, 0) is 22.2 Å². The molecule has 2 aromatic rings. The van der Waals surface area contributed by atoms with Crippen molar-refractivity contribution in [3.8, 4) is 11.5 Å². The first kappa shape index (κ1) is 25.6. The van der Waals surface area contributed by atoms with Crippen molar-refractivity contribution < 1.29 is 19.1 Å². The highest BCUT2D eigenvalue weighted by atomic mass is 16.5. The molecule has 1 saturated carbocycles. The van der Waals surface area contributed by atoms with Crippen molar-refractivity contribution >= 4 is 11.8 Å². The van der Waals surface area contributed by atoms with Crippen LogP contribution < -0.4 is 20.1 Å². The van der Waals surface area contributed by atoms with Crippen LogP contribution in [0, 0.1) is 0 Å². The van der Waals surface area contributed by atoms with Crippen LogP contribution in [0.25, 0.3) is 0 Å². The van der Waals surface area contributed by atoms with Crippen molar-refractivity contribution in [2.24, 2.45) is 0 Å². The second-order valence-corrected chi connectivity index (χ2v) is 11.2. The van der Waals surface area contributed by atoms with Crippen molar-refractivity contribution in [3.05, 3.63) is 58.7 Å². The first-order chi connectivity index (χ1) is 15.8. The number of ether oxygens (including phenoxy) is 2. The molecule has 0 atom stereocenters. The number of benzene rings is 2. The number of hydrogen-bond donors (Lipinski definition) is 2. The molecule has 3 rings (SSSR count). The van der Waals surface area contributed by atoms with E-state index >= 15 is 0 Å². The summed E-state index contributed by atoms with van der Waals surface area (Å²) < 4.78 is 11.0. The van der Waals surface area contributed by atoms with Crippen LogP contribution in [0.3, 0.4) is 0 Å². The van der Waals surface area contributed by atoms with E-state index in [4.69, 9.17) is 9.47 Å². The summed E-state index contributed by atoms with van der Waals surface area (Å²) in [4.78, 5) is 26.3. The van der Waals surface area contributed by atoms with Crippen molar-refractivity contribution in [1.82, 2.24) is 10.6 Å². The molecular weight excluding hydrogens is 428 g/mol. The first-order valence-electron chi connectivity index (χ1n) is 11.8. The first-order valence-corrected chi connectivity index (χ1v) is 11.8. The van der Waals surface area contributed by atoms with Gasteiger partial charge in [-0.05, 0) is 53.5 Å². The van der Waals surface area contributed by atoms with Crippen molar-refractivity contribution in [2.45, 2.75) is 77.3 Å². The van der Waals surface area contributed by atoms with E-state index < -0.39 is 5.54 Å². The second-order valence-electron chi connectivity index (χ2n) is 11.2. The standard InChI is InChI=1S/C28H38N2O4/c1-26(2,3)21-15-19(16-22(23(21)34-8)27(4,5)6)24(31)30-28(13-14-28)25(32)29-17-18-9-11-20(33-7)12-10-18/h9-12,15-16H,13-14,17H2,1-8H3,(H,29,32)(H,30,31). The molecule has 0 heterocycles. The lowest BCUT2D eigenvalue weighted by molar-refractivity contribution is -0.124. The van der Waals surface area contributed by atoms with Gasteiger partial charge in [0.25, 0.3) is 5.91 Å². The Hall–Kier alpha value is -3.02. The zero-order valence-electron chi connectivity index (χ0n) is 21.7. The van der Waals surface area contributed by atoms with Crippen molar-refractivity contribution in [2.75, 3.05) is 14.2 Å². The third-order valence-corrected chi connectivity index (χ3v) is 6.32. The van der Waals surface area contributed by atoms with Gasteiger partial charge < -0.3 is 20.1 Å². The maximum atomic E-state index is 13.4. The molecule has 0 aromatic heterocycles. The second kappa shape index (κ2) is 9.32. The number of rotatable bonds is 7. The predicted molar refractivity (Wildman–Crippen MR) is 135 cm³/mol. The third-order valence-electron chi connectivity index (χ3n) is 6.32. The van der Waals surface area contributed by atoms with Crippen LogP contribution >= 0.6 is 0 Å². The monoisotopic (exact) mass is 466 g/mol. The molecule has 6 heteroatoms. The Morgan fingerprint density at radius 2 is 1.41 bits per heavy atom. The lowest BCUT2D eigenvalue weighted by Crippen LogP contribution is -2.48. The van der Waals surface area contributed by atoms with E-state index in [0.717, 1.165) is 28.2 Å². The van der Waals surface area contributed by atoms with Crippen molar-refractivity contribution in [3.63, 3.8) is 0 Å². The summed E-state index contributed by atoms with van der Waals surface area (Å²) in [5.74, 6) is 1.19. The summed E-state index contributed by atoms with van der Waals surface area (Å²) in [6.45, 7) is 13.0. The fourth-order valence-corrected chi connectivity index (χ4v) is 4.01. The van der Waals surface area contributed by atoms with Crippen LogP contribution in [0.2, 0.25) is 0 Å². The van der Waals surface area contributed by atoms with E-state index in [1.807, 2.05) is 36.4 Å². The van der Waals surface area contributed by atoms with Gasteiger partial charge in [-0.3, -0.25) is 9.59 Å². The SMILES string of the molecule is COc1ccc(CNC(=O)C2(NC(=O)c3cc(C(C)(C)C)c(OC)c(C(C)(C)C)c3)CC2)cc1. The molecule has 1 aliphatic carbocycles. The third kappa shape index (κ3) is 5.54. The molecule has 0 aliphatic heterocycles. The molecule has 0 unspecified atom stereocenters. The smallest absolute Gasteiger partial charge is 0.252 e. The van der Waals surface area contributed by atoms with E-state index in [9.17, 15) is 9.59 Å². The highest BCUT2D eigenvalue weighted by Gasteiger charge is 2.51. The Morgan fingerprint density at radius 1 is 0.882 bits per heavy atom. The summed E-state index contributed by atoms with van der Waals surface area (Å²) in [6.07, 6.45) is 1.25. The van der Waals surface area contributed by atoms with Gasteiger partial charge in [-0.15, -0.1) is 0 Å². The van der Waals surface area contributed by atoms with E-state index in [-0.39, 0.29) is 22.6 Å². The van der Waals surface area contributed by atoms with Crippen LogP contribution in [0.5, 0.6) is 11.5 Å². The van der Waals surface area contributed by atoms with Gasteiger partial charge in [0.1, 0.15) is 17.0 Å². The van der Waals surface area contributed by atoms with Gasteiger partial charge in [-0.25, -0.2) is 0 Å².